The number of unbranched alkanes of at least 4 members (excludes halogenated alkanes) is 1. The molecule has 0 saturated carbocycles. The van der Waals surface area contributed by atoms with Gasteiger partial charge < -0.3 is 29.5 Å². The molecule has 1 fully saturated rings. The number of ether oxygens (including phenoxy) is 3. The Labute approximate surface area is 171 Å². The molecule has 0 unspecified atom stereocenters. The summed E-state index contributed by atoms with van der Waals surface area (Å²) in [5, 5.41) is 22.0. The smallest absolute Gasteiger partial charge is 0.255 e. The van der Waals surface area contributed by atoms with E-state index in [0.29, 0.717) is 55.5 Å². The number of hydrogen-bond acceptors (Lipinski definition) is 7. The first-order chi connectivity index (χ1) is 14.1. The van der Waals surface area contributed by atoms with Crippen LogP contribution in [0.4, 0.5) is 0 Å². The normalized spacial score (nSPS) is 21.7. The van der Waals surface area contributed by atoms with E-state index in [9.17, 15) is 9.90 Å². The Kier molecular flexibility index (Phi) is 7.55. The van der Waals surface area contributed by atoms with E-state index in [2.05, 4.69) is 16.3 Å². The number of fused-ring (bicyclic) bond motifs is 1. The number of rotatable bonds is 7. The predicted molar refractivity (Wildman–Crippen MR) is 106 cm³/mol. The maximum atomic E-state index is 12.8. The highest BCUT2D eigenvalue weighted by atomic mass is 16.5. The number of aliphatic hydroxyl groups is 1. The third kappa shape index (κ3) is 5.31. The molecule has 1 aromatic rings. The lowest BCUT2D eigenvalue weighted by Gasteiger charge is -2.36. The number of aliphatic hydroxyl groups excluding tert-OH is 1. The van der Waals surface area contributed by atoms with E-state index in [0.717, 1.165) is 32.4 Å². The highest BCUT2D eigenvalue weighted by Gasteiger charge is 2.29. The van der Waals surface area contributed by atoms with Crippen molar-refractivity contribution in [3.8, 4) is 23.3 Å². The van der Waals surface area contributed by atoms with Crippen LogP contribution in [0.5, 0.6) is 17.2 Å². The van der Waals surface area contributed by atoms with Crippen LogP contribution in [0.3, 0.4) is 0 Å². The van der Waals surface area contributed by atoms with E-state index in [1.807, 2.05) is 0 Å². The van der Waals surface area contributed by atoms with Gasteiger partial charge in [0.2, 0.25) is 5.75 Å². The molecule has 0 spiro atoms. The molecule has 0 radical (unpaired) electrons. The number of nitrogens with zero attached hydrogens (tertiary/aromatic N) is 2. The van der Waals surface area contributed by atoms with Gasteiger partial charge >= 0.3 is 0 Å². The summed E-state index contributed by atoms with van der Waals surface area (Å²) in [5.74, 6) is 1.16. The fourth-order valence-corrected chi connectivity index (χ4v) is 3.76. The minimum Gasteiger partial charge on any atom is -0.493 e. The summed E-state index contributed by atoms with van der Waals surface area (Å²) in [6.07, 6.45) is 2.38. The van der Waals surface area contributed by atoms with Crippen molar-refractivity contribution < 1.29 is 24.1 Å². The molecule has 158 valence electrons. The van der Waals surface area contributed by atoms with Gasteiger partial charge in [-0.3, -0.25) is 4.79 Å². The monoisotopic (exact) mass is 403 g/mol. The molecule has 29 heavy (non-hydrogen) atoms. The van der Waals surface area contributed by atoms with Gasteiger partial charge in [0.25, 0.3) is 5.91 Å². The SMILES string of the molecule is COc1ccc(C(=O)NC[C@H]2CCN(CCCC#N)C[C@H]2O)c2c1OCCCO2. The third-order valence-corrected chi connectivity index (χ3v) is 5.42. The summed E-state index contributed by atoms with van der Waals surface area (Å²) in [7, 11) is 1.55. The van der Waals surface area contributed by atoms with Crippen LogP contribution < -0.4 is 19.5 Å². The van der Waals surface area contributed by atoms with Gasteiger partial charge in [-0.1, -0.05) is 0 Å². The van der Waals surface area contributed by atoms with Crippen LogP contribution in [0.2, 0.25) is 0 Å². The number of carbonyl (C=O) groups excluding carboxylic acids is 1. The second-order valence-corrected chi connectivity index (χ2v) is 7.41. The van der Waals surface area contributed by atoms with Crippen LogP contribution >= 0.6 is 0 Å². The number of nitrogens with one attached hydrogen (secondary N) is 1. The number of benzene rings is 1. The second-order valence-electron chi connectivity index (χ2n) is 7.41. The fraction of sp³-hybridized carbons (Fsp3) is 0.619. The molecule has 0 aliphatic carbocycles. The number of carbonyl (C=O) groups is 1. The fourth-order valence-electron chi connectivity index (χ4n) is 3.76. The van der Waals surface area contributed by atoms with Crippen molar-refractivity contribution in [1.82, 2.24) is 10.2 Å². The molecule has 8 nitrogen and oxygen atoms in total. The van der Waals surface area contributed by atoms with Crippen molar-refractivity contribution in [2.24, 2.45) is 5.92 Å². The Bertz CT molecular complexity index is 749. The summed E-state index contributed by atoms with van der Waals surface area (Å²) >= 11 is 0. The summed E-state index contributed by atoms with van der Waals surface area (Å²) in [6, 6.07) is 5.53. The Hall–Kier alpha value is -2.50. The van der Waals surface area contributed by atoms with Gasteiger partial charge in [0.1, 0.15) is 0 Å². The zero-order chi connectivity index (χ0) is 20.6. The van der Waals surface area contributed by atoms with Crippen LogP contribution in [-0.4, -0.2) is 68.5 Å². The molecular weight excluding hydrogens is 374 g/mol. The van der Waals surface area contributed by atoms with Crippen LogP contribution in [0, 0.1) is 17.2 Å². The van der Waals surface area contributed by atoms with Gasteiger partial charge in [-0.05, 0) is 38.1 Å². The highest BCUT2D eigenvalue weighted by molar-refractivity contribution is 5.98. The van der Waals surface area contributed by atoms with Crippen molar-refractivity contribution in [3.05, 3.63) is 17.7 Å². The van der Waals surface area contributed by atoms with E-state index in [1.165, 1.54) is 0 Å². The summed E-state index contributed by atoms with van der Waals surface area (Å²) in [5.41, 5.74) is 0.408. The highest BCUT2D eigenvalue weighted by Crippen LogP contribution is 2.41. The van der Waals surface area contributed by atoms with Gasteiger partial charge in [0.15, 0.2) is 11.5 Å². The van der Waals surface area contributed by atoms with Crippen LogP contribution in [0.15, 0.2) is 12.1 Å². The van der Waals surface area contributed by atoms with Gasteiger partial charge in [0.05, 0.1) is 38.1 Å². The average Bonchev–Trinajstić information content (AvgIpc) is 2.98. The Morgan fingerprint density at radius 3 is 2.90 bits per heavy atom. The molecule has 2 heterocycles. The third-order valence-electron chi connectivity index (χ3n) is 5.42. The predicted octanol–water partition coefficient (Wildman–Crippen LogP) is 1.57. The number of methoxy groups -OCH3 is 1. The molecule has 2 N–H and O–H groups in total. The van der Waals surface area contributed by atoms with E-state index in [4.69, 9.17) is 19.5 Å². The van der Waals surface area contributed by atoms with Gasteiger partial charge in [-0.2, -0.15) is 5.26 Å². The second kappa shape index (κ2) is 10.3. The summed E-state index contributed by atoms with van der Waals surface area (Å²) in [6.45, 7) is 3.63. The molecule has 2 aliphatic rings. The molecule has 1 aromatic carbocycles. The number of likely N-dealkylation sites (tertiary alicyclic amines) is 1. The molecule has 3 rings (SSSR count). The quantitative estimate of drug-likeness (QED) is 0.666. The standard InChI is InChI=1S/C21H29N3O5/c1-27-18-6-5-16(19-20(18)29-12-4-11-28-19)21(26)23-13-15-7-10-24(14-17(15)25)9-3-2-8-22/h5-6,15,17,25H,2-4,7,9-14H2,1H3,(H,23,26)/t15-,17-/m1/s1. The first-order valence-corrected chi connectivity index (χ1v) is 10.2. The number of nitriles is 1. The van der Waals surface area contributed by atoms with Gasteiger partial charge in [-0.25, -0.2) is 0 Å². The van der Waals surface area contributed by atoms with E-state index < -0.39 is 6.10 Å². The number of β-amino-alcohol motifs (C(OH)–C–C–N with tert-alkyl or cyclic N) is 1. The molecule has 0 bridgehead atoms. The molecule has 2 atom stereocenters. The number of hydrogen-bond donors (Lipinski definition) is 2. The first kappa shape index (κ1) is 21.2. The van der Waals surface area contributed by atoms with E-state index in [1.54, 1.807) is 19.2 Å². The molecular formula is C21H29N3O5. The largest absolute Gasteiger partial charge is 0.493 e. The lowest BCUT2D eigenvalue weighted by molar-refractivity contribution is 0.0219. The number of piperidine rings is 1. The zero-order valence-electron chi connectivity index (χ0n) is 16.9. The van der Waals surface area contributed by atoms with Crippen molar-refractivity contribution in [1.29, 1.82) is 5.26 Å². The molecule has 8 heteroatoms. The minimum absolute atomic E-state index is 0.000174. The minimum atomic E-state index is -0.501. The van der Waals surface area contributed by atoms with Crippen molar-refractivity contribution in [3.63, 3.8) is 0 Å². The average molecular weight is 403 g/mol. The topological polar surface area (TPSA) is 104 Å². The summed E-state index contributed by atoms with van der Waals surface area (Å²) in [4.78, 5) is 15.0. The Balaban J connectivity index is 1.58. The van der Waals surface area contributed by atoms with E-state index in [-0.39, 0.29) is 11.8 Å². The zero-order valence-corrected chi connectivity index (χ0v) is 16.9. The van der Waals surface area contributed by atoms with Crippen LogP contribution in [-0.2, 0) is 0 Å². The van der Waals surface area contributed by atoms with Crippen LogP contribution in [0.25, 0.3) is 0 Å². The molecule has 0 aromatic heterocycles. The van der Waals surface area contributed by atoms with E-state index >= 15 is 0 Å². The molecule has 1 amide bonds. The van der Waals surface area contributed by atoms with Gasteiger partial charge in [0, 0.05) is 31.8 Å². The molecule has 1 saturated heterocycles. The van der Waals surface area contributed by atoms with Crippen molar-refractivity contribution in [2.45, 2.75) is 31.8 Å². The molecule has 2 aliphatic heterocycles. The number of amides is 1. The van der Waals surface area contributed by atoms with Gasteiger partial charge in [-0.15, -0.1) is 0 Å². The van der Waals surface area contributed by atoms with Crippen molar-refractivity contribution in [2.75, 3.05) is 46.5 Å². The van der Waals surface area contributed by atoms with Crippen molar-refractivity contribution >= 4 is 5.91 Å². The maximum Gasteiger partial charge on any atom is 0.255 e. The first-order valence-electron chi connectivity index (χ1n) is 10.2. The maximum absolute atomic E-state index is 12.8. The Morgan fingerprint density at radius 1 is 1.38 bits per heavy atom. The van der Waals surface area contributed by atoms with Crippen LogP contribution in [0.1, 0.15) is 36.0 Å². The lowest BCUT2D eigenvalue weighted by Crippen LogP contribution is -2.47. The Morgan fingerprint density at radius 2 is 2.17 bits per heavy atom. The summed E-state index contributed by atoms with van der Waals surface area (Å²) < 4.78 is 16.8. The lowest BCUT2D eigenvalue weighted by atomic mass is 9.93.